The molecule has 2 unspecified atom stereocenters. The van der Waals surface area contributed by atoms with Crippen molar-refractivity contribution >= 4 is 11.8 Å². The SMILES string of the molecule is CCC(C)C1NC(=O)C2(CCCCC2)N(C(C)C)C1=O. The van der Waals surface area contributed by atoms with Gasteiger partial charge in [-0.25, -0.2) is 0 Å². The zero-order valence-electron chi connectivity index (χ0n) is 13.2. The molecule has 1 aliphatic heterocycles. The van der Waals surface area contributed by atoms with Crippen LogP contribution in [0.2, 0.25) is 0 Å². The number of amides is 2. The number of carbonyl (C=O) groups excluding carboxylic acids is 2. The van der Waals surface area contributed by atoms with E-state index in [-0.39, 0.29) is 29.8 Å². The second kappa shape index (κ2) is 5.74. The number of rotatable bonds is 3. The third-order valence-corrected chi connectivity index (χ3v) is 5.08. The van der Waals surface area contributed by atoms with Gasteiger partial charge >= 0.3 is 0 Å². The Morgan fingerprint density at radius 2 is 1.80 bits per heavy atom. The summed E-state index contributed by atoms with van der Waals surface area (Å²) in [5.41, 5.74) is -0.576. The van der Waals surface area contributed by atoms with Crippen molar-refractivity contribution in [3.05, 3.63) is 0 Å². The maximum absolute atomic E-state index is 12.9. The molecule has 2 fully saturated rings. The molecule has 0 aromatic heterocycles. The van der Waals surface area contributed by atoms with Gasteiger partial charge in [0.1, 0.15) is 11.6 Å². The first kappa shape index (κ1) is 15.3. The van der Waals surface area contributed by atoms with Gasteiger partial charge in [0.25, 0.3) is 0 Å². The molecule has 2 rings (SSSR count). The van der Waals surface area contributed by atoms with Crippen molar-refractivity contribution < 1.29 is 9.59 Å². The van der Waals surface area contributed by atoms with E-state index in [0.29, 0.717) is 0 Å². The third-order valence-electron chi connectivity index (χ3n) is 5.08. The van der Waals surface area contributed by atoms with Gasteiger partial charge in [-0.2, -0.15) is 0 Å². The van der Waals surface area contributed by atoms with E-state index in [4.69, 9.17) is 0 Å². The lowest BCUT2D eigenvalue weighted by molar-refractivity contribution is -0.164. The zero-order valence-corrected chi connectivity index (χ0v) is 13.2. The molecule has 4 nitrogen and oxygen atoms in total. The summed E-state index contributed by atoms with van der Waals surface area (Å²) in [5.74, 6) is 0.389. The highest BCUT2D eigenvalue weighted by Gasteiger charge is 2.54. The topological polar surface area (TPSA) is 49.4 Å². The van der Waals surface area contributed by atoms with Crippen LogP contribution in [0.1, 0.15) is 66.2 Å². The van der Waals surface area contributed by atoms with Gasteiger partial charge in [0.2, 0.25) is 11.8 Å². The molecule has 1 spiro atoms. The zero-order chi connectivity index (χ0) is 14.9. The predicted molar refractivity (Wildman–Crippen MR) is 79.2 cm³/mol. The van der Waals surface area contributed by atoms with Crippen molar-refractivity contribution in [1.29, 1.82) is 0 Å². The first-order chi connectivity index (χ1) is 9.44. The molecule has 1 N–H and O–H groups in total. The van der Waals surface area contributed by atoms with Crippen LogP contribution in [0.3, 0.4) is 0 Å². The highest BCUT2D eigenvalue weighted by Crippen LogP contribution is 2.38. The maximum Gasteiger partial charge on any atom is 0.246 e. The minimum atomic E-state index is -0.576. The van der Waals surface area contributed by atoms with Crippen LogP contribution in [0.15, 0.2) is 0 Å². The van der Waals surface area contributed by atoms with E-state index in [1.54, 1.807) is 0 Å². The second-order valence-corrected chi connectivity index (χ2v) is 6.73. The number of carbonyl (C=O) groups is 2. The second-order valence-electron chi connectivity index (χ2n) is 6.73. The Hall–Kier alpha value is -1.06. The van der Waals surface area contributed by atoms with Crippen LogP contribution in [0.25, 0.3) is 0 Å². The lowest BCUT2D eigenvalue weighted by Crippen LogP contribution is -2.73. The first-order valence-corrected chi connectivity index (χ1v) is 8.08. The van der Waals surface area contributed by atoms with E-state index < -0.39 is 5.54 Å². The fourth-order valence-electron chi connectivity index (χ4n) is 3.78. The summed E-state index contributed by atoms with van der Waals surface area (Å²) in [6.45, 7) is 8.16. The Labute approximate surface area is 122 Å². The number of nitrogens with zero attached hydrogens (tertiary/aromatic N) is 1. The highest BCUT2D eigenvalue weighted by atomic mass is 16.2. The smallest absolute Gasteiger partial charge is 0.246 e. The van der Waals surface area contributed by atoms with Gasteiger partial charge in [-0.05, 0) is 32.6 Å². The van der Waals surface area contributed by atoms with Gasteiger partial charge in [-0.3, -0.25) is 9.59 Å². The lowest BCUT2D eigenvalue weighted by atomic mass is 9.75. The molecule has 1 heterocycles. The van der Waals surface area contributed by atoms with E-state index in [1.807, 2.05) is 25.7 Å². The van der Waals surface area contributed by atoms with Crippen molar-refractivity contribution in [2.45, 2.75) is 83.8 Å². The molecule has 20 heavy (non-hydrogen) atoms. The van der Waals surface area contributed by atoms with Gasteiger partial charge in [0.05, 0.1) is 0 Å². The van der Waals surface area contributed by atoms with E-state index in [2.05, 4.69) is 12.2 Å². The monoisotopic (exact) mass is 280 g/mol. The fourth-order valence-corrected chi connectivity index (χ4v) is 3.78. The van der Waals surface area contributed by atoms with Crippen LogP contribution in [0.5, 0.6) is 0 Å². The molecular formula is C16H28N2O2. The average molecular weight is 280 g/mol. The summed E-state index contributed by atoms with van der Waals surface area (Å²) in [4.78, 5) is 27.6. The first-order valence-electron chi connectivity index (χ1n) is 8.08. The molecule has 1 saturated carbocycles. The Bertz CT molecular complexity index is 386. The summed E-state index contributed by atoms with van der Waals surface area (Å²) in [5, 5.41) is 3.03. The molecule has 2 atom stereocenters. The van der Waals surface area contributed by atoms with E-state index in [1.165, 1.54) is 6.42 Å². The minimum absolute atomic E-state index is 0.0794. The Kier molecular flexibility index (Phi) is 4.40. The quantitative estimate of drug-likeness (QED) is 0.863. The van der Waals surface area contributed by atoms with Crippen molar-refractivity contribution in [3.8, 4) is 0 Å². The summed E-state index contributed by atoms with van der Waals surface area (Å²) < 4.78 is 0. The largest absolute Gasteiger partial charge is 0.342 e. The van der Waals surface area contributed by atoms with E-state index in [0.717, 1.165) is 32.1 Å². The van der Waals surface area contributed by atoms with Crippen LogP contribution in [0, 0.1) is 5.92 Å². The molecule has 0 radical (unpaired) electrons. The van der Waals surface area contributed by atoms with E-state index in [9.17, 15) is 9.59 Å². The normalized spacial score (nSPS) is 27.9. The van der Waals surface area contributed by atoms with Crippen molar-refractivity contribution in [1.82, 2.24) is 10.2 Å². The molecule has 1 aliphatic carbocycles. The van der Waals surface area contributed by atoms with Crippen molar-refractivity contribution in [2.24, 2.45) is 5.92 Å². The van der Waals surface area contributed by atoms with Gasteiger partial charge in [-0.1, -0.05) is 39.5 Å². The molecule has 114 valence electrons. The predicted octanol–water partition coefficient (Wildman–Crippen LogP) is 2.47. The molecule has 0 bridgehead atoms. The number of piperazine rings is 1. The minimum Gasteiger partial charge on any atom is -0.342 e. The van der Waals surface area contributed by atoms with Crippen molar-refractivity contribution in [2.75, 3.05) is 0 Å². The van der Waals surface area contributed by atoms with Crippen LogP contribution in [0.4, 0.5) is 0 Å². The van der Waals surface area contributed by atoms with E-state index >= 15 is 0 Å². The third kappa shape index (κ3) is 2.33. The number of hydrogen-bond donors (Lipinski definition) is 1. The van der Waals surface area contributed by atoms with Crippen LogP contribution >= 0.6 is 0 Å². The fraction of sp³-hybridized carbons (Fsp3) is 0.875. The Morgan fingerprint density at radius 1 is 1.20 bits per heavy atom. The lowest BCUT2D eigenvalue weighted by Gasteiger charge is -2.52. The van der Waals surface area contributed by atoms with Gasteiger partial charge < -0.3 is 10.2 Å². The summed E-state index contributed by atoms with van der Waals surface area (Å²) >= 11 is 0. The van der Waals surface area contributed by atoms with Gasteiger partial charge in [0.15, 0.2) is 0 Å². The Morgan fingerprint density at radius 3 is 2.30 bits per heavy atom. The standard InChI is InChI=1S/C16H28N2O2/c1-5-12(4)13-14(19)18(11(2)3)16(15(20)17-13)9-7-6-8-10-16/h11-13H,5-10H2,1-4H3,(H,17,20). The Balaban J connectivity index is 2.35. The van der Waals surface area contributed by atoms with Gasteiger partial charge in [-0.15, -0.1) is 0 Å². The molecule has 1 saturated heterocycles. The van der Waals surface area contributed by atoms with Crippen LogP contribution < -0.4 is 5.32 Å². The number of hydrogen-bond acceptors (Lipinski definition) is 2. The summed E-state index contributed by atoms with van der Waals surface area (Å²) in [6, 6.07) is -0.263. The molecular weight excluding hydrogens is 252 g/mol. The molecule has 4 heteroatoms. The van der Waals surface area contributed by atoms with Crippen molar-refractivity contribution in [3.63, 3.8) is 0 Å². The summed E-state index contributed by atoms with van der Waals surface area (Å²) in [6.07, 6.45) is 5.78. The number of nitrogens with one attached hydrogen (secondary N) is 1. The molecule has 2 aliphatic rings. The molecule has 2 amide bonds. The average Bonchev–Trinajstić information content (AvgIpc) is 2.43. The molecule has 0 aromatic rings. The van der Waals surface area contributed by atoms with Crippen LogP contribution in [-0.2, 0) is 9.59 Å². The van der Waals surface area contributed by atoms with Crippen LogP contribution in [-0.4, -0.2) is 34.3 Å². The van der Waals surface area contributed by atoms with Gasteiger partial charge in [0, 0.05) is 6.04 Å². The maximum atomic E-state index is 12.9. The highest BCUT2D eigenvalue weighted by molar-refractivity contribution is 6.00. The summed E-state index contributed by atoms with van der Waals surface area (Å²) in [7, 11) is 0. The molecule has 0 aromatic carbocycles.